The Morgan fingerprint density at radius 1 is 1.27 bits per heavy atom. The minimum absolute atomic E-state index is 0.0700. The van der Waals surface area contributed by atoms with Crippen molar-refractivity contribution in [2.45, 2.75) is 19.0 Å². The molecule has 1 amide bonds. The molecule has 138 valence electrons. The SMILES string of the molecule is CN(CC(=O)NCc1ccccc1)C[C@@H]1CCN(C)[C@H]1c1cccnc1. The van der Waals surface area contributed by atoms with E-state index in [0.717, 1.165) is 25.1 Å². The van der Waals surface area contributed by atoms with Crippen LogP contribution < -0.4 is 5.32 Å². The molecule has 0 unspecified atom stereocenters. The van der Waals surface area contributed by atoms with Crippen LogP contribution >= 0.6 is 0 Å². The summed E-state index contributed by atoms with van der Waals surface area (Å²) in [6.07, 6.45) is 4.93. The molecule has 2 heterocycles. The second kappa shape index (κ2) is 8.92. The van der Waals surface area contributed by atoms with Gasteiger partial charge in [-0.2, -0.15) is 0 Å². The van der Waals surface area contributed by atoms with Gasteiger partial charge in [-0.1, -0.05) is 36.4 Å². The molecule has 1 aromatic heterocycles. The molecule has 0 radical (unpaired) electrons. The van der Waals surface area contributed by atoms with Gasteiger partial charge in [0.1, 0.15) is 0 Å². The third-order valence-corrected chi connectivity index (χ3v) is 5.09. The molecule has 1 fully saturated rings. The number of pyridine rings is 1. The highest BCUT2D eigenvalue weighted by atomic mass is 16.2. The number of likely N-dealkylation sites (tertiary alicyclic amines) is 1. The Kier molecular flexibility index (Phi) is 6.36. The van der Waals surface area contributed by atoms with Crippen LogP contribution in [0.5, 0.6) is 0 Å². The van der Waals surface area contributed by atoms with Gasteiger partial charge in [-0.25, -0.2) is 0 Å². The fourth-order valence-corrected chi connectivity index (χ4v) is 3.86. The van der Waals surface area contributed by atoms with Gasteiger partial charge in [-0.15, -0.1) is 0 Å². The summed E-state index contributed by atoms with van der Waals surface area (Å²) in [4.78, 5) is 21.0. The lowest BCUT2D eigenvalue weighted by Gasteiger charge is -2.28. The largest absolute Gasteiger partial charge is 0.351 e. The molecular formula is C21H28N4O. The highest BCUT2D eigenvalue weighted by Crippen LogP contribution is 2.35. The summed E-state index contributed by atoms with van der Waals surface area (Å²) >= 11 is 0. The first kappa shape index (κ1) is 18.5. The van der Waals surface area contributed by atoms with Crippen molar-refractivity contribution in [2.75, 3.05) is 33.7 Å². The molecule has 26 heavy (non-hydrogen) atoms. The van der Waals surface area contributed by atoms with Gasteiger partial charge >= 0.3 is 0 Å². The van der Waals surface area contributed by atoms with Crippen LogP contribution in [0.3, 0.4) is 0 Å². The lowest BCUT2D eigenvalue weighted by Crippen LogP contribution is -2.38. The first-order valence-electron chi connectivity index (χ1n) is 9.23. The van der Waals surface area contributed by atoms with Crippen LogP contribution in [0.15, 0.2) is 54.9 Å². The van der Waals surface area contributed by atoms with Crippen molar-refractivity contribution < 1.29 is 4.79 Å². The number of carbonyl (C=O) groups excluding carboxylic acids is 1. The maximum absolute atomic E-state index is 12.2. The summed E-state index contributed by atoms with van der Waals surface area (Å²) < 4.78 is 0. The number of amides is 1. The minimum atomic E-state index is 0.0700. The Balaban J connectivity index is 1.50. The molecule has 0 spiro atoms. The Morgan fingerprint density at radius 3 is 2.81 bits per heavy atom. The smallest absolute Gasteiger partial charge is 0.234 e. The molecule has 5 heteroatoms. The quantitative estimate of drug-likeness (QED) is 0.831. The second-order valence-electron chi connectivity index (χ2n) is 7.22. The van der Waals surface area contributed by atoms with Crippen molar-refractivity contribution in [1.82, 2.24) is 20.1 Å². The fourth-order valence-electron chi connectivity index (χ4n) is 3.86. The molecule has 0 bridgehead atoms. The van der Waals surface area contributed by atoms with Crippen molar-refractivity contribution in [3.63, 3.8) is 0 Å². The predicted molar refractivity (Wildman–Crippen MR) is 104 cm³/mol. The highest BCUT2D eigenvalue weighted by Gasteiger charge is 2.33. The molecule has 1 aliphatic heterocycles. The van der Waals surface area contributed by atoms with E-state index in [2.05, 4.69) is 33.2 Å². The average molecular weight is 352 g/mol. The zero-order chi connectivity index (χ0) is 18.4. The first-order valence-corrected chi connectivity index (χ1v) is 9.23. The van der Waals surface area contributed by atoms with E-state index in [1.54, 1.807) is 0 Å². The first-order chi connectivity index (χ1) is 12.6. The van der Waals surface area contributed by atoms with Gasteiger partial charge in [0, 0.05) is 31.5 Å². The van der Waals surface area contributed by atoms with Crippen LogP contribution in [0.25, 0.3) is 0 Å². The molecule has 0 saturated carbocycles. The summed E-state index contributed by atoms with van der Waals surface area (Å²) in [6.45, 7) is 2.99. The van der Waals surface area contributed by atoms with Gasteiger partial charge in [0.15, 0.2) is 0 Å². The van der Waals surface area contributed by atoms with Crippen LogP contribution in [0, 0.1) is 5.92 Å². The summed E-state index contributed by atoms with van der Waals surface area (Å²) in [7, 11) is 4.20. The maximum Gasteiger partial charge on any atom is 0.234 e. The van der Waals surface area contributed by atoms with Crippen molar-refractivity contribution in [2.24, 2.45) is 5.92 Å². The molecule has 3 rings (SSSR count). The van der Waals surface area contributed by atoms with Crippen molar-refractivity contribution in [3.05, 3.63) is 66.0 Å². The van der Waals surface area contributed by atoms with E-state index < -0.39 is 0 Å². The molecule has 1 aromatic carbocycles. The maximum atomic E-state index is 12.2. The van der Waals surface area contributed by atoms with Gasteiger partial charge in [0.2, 0.25) is 5.91 Å². The van der Waals surface area contributed by atoms with E-state index in [4.69, 9.17) is 0 Å². The summed E-state index contributed by atoms with van der Waals surface area (Å²) in [5.41, 5.74) is 2.39. The zero-order valence-corrected chi connectivity index (χ0v) is 15.6. The van der Waals surface area contributed by atoms with E-state index in [1.165, 1.54) is 5.56 Å². The van der Waals surface area contributed by atoms with Gasteiger partial charge in [-0.05, 0) is 50.2 Å². The van der Waals surface area contributed by atoms with E-state index in [9.17, 15) is 4.79 Å². The molecule has 1 N–H and O–H groups in total. The summed E-state index contributed by atoms with van der Waals surface area (Å²) in [5, 5.41) is 3.01. The minimum Gasteiger partial charge on any atom is -0.351 e. The fraction of sp³-hybridized carbons (Fsp3) is 0.429. The van der Waals surface area contributed by atoms with Crippen LogP contribution in [-0.2, 0) is 11.3 Å². The van der Waals surface area contributed by atoms with Crippen molar-refractivity contribution in [1.29, 1.82) is 0 Å². The molecule has 0 aliphatic carbocycles. The Morgan fingerprint density at radius 2 is 2.08 bits per heavy atom. The van der Waals surface area contributed by atoms with Crippen LogP contribution in [0.1, 0.15) is 23.6 Å². The molecule has 2 atom stereocenters. The molecule has 1 saturated heterocycles. The third-order valence-electron chi connectivity index (χ3n) is 5.09. The molecule has 2 aromatic rings. The van der Waals surface area contributed by atoms with E-state index in [1.807, 2.05) is 55.8 Å². The molecule has 1 aliphatic rings. The molecular weight excluding hydrogens is 324 g/mol. The Bertz CT molecular complexity index is 692. The van der Waals surface area contributed by atoms with Gasteiger partial charge < -0.3 is 5.32 Å². The standard InChI is InChI=1S/C21H28N4O/c1-24(16-20(26)23-13-17-7-4-3-5-8-17)15-19-10-12-25(2)21(19)18-9-6-11-22-14-18/h3-9,11,14,19,21H,10,12-13,15-16H2,1-2H3,(H,23,26)/t19-,21-/m0/s1. The topological polar surface area (TPSA) is 48.5 Å². The van der Waals surface area contributed by atoms with E-state index >= 15 is 0 Å². The Hall–Kier alpha value is -2.24. The zero-order valence-electron chi connectivity index (χ0n) is 15.6. The third kappa shape index (κ3) is 4.90. The number of nitrogens with zero attached hydrogens (tertiary/aromatic N) is 3. The van der Waals surface area contributed by atoms with Gasteiger partial charge in [0.25, 0.3) is 0 Å². The predicted octanol–water partition coefficient (Wildman–Crippen LogP) is 2.32. The van der Waals surface area contributed by atoms with Crippen molar-refractivity contribution in [3.8, 4) is 0 Å². The lowest BCUT2D eigenvalue weighted by molar-refractivity contribution is -0.122. The number of hydrogen-bond donors (Lipinski definition) is 1. The Labute approximate surface area is 156 Å². The number of aromatic nitrogens is 1. The highest BCUT2D eigenvalue weighted by molar-refractivity contribution is 5.77. The summed E-state index contributed by atoms with van der Waals surface area (Å²) in [6, 6.07) is 14.5. The molecule has 5 nitrogen and oxygen atoms in total. The average Bonchev–Trinajstić information content (AvgIpc) is 3.01. The number of rotatable bonds is 7. The van der Waals surface area contributed by atoms with E-state index in [0.29, 0.717) is 25.0 Å². The van der Waals surface area contributed by atoms with Crippen LogP contribution in [0.2, 0.25) is 0 Å². The van der Waals surface area contributed by atoms with Gasteiger partial charge in [-0.3, -0.25) is 19.6 Å². The van der Waals surface area contributed by atoms with Crippen LogP contribution in [-0.4, -0.2) is 54.4 Å². The lowest BCUT2D eigenvalue weighted by atomic mass is 9.94. The number of likely N-dealkylation sites (N-methyl/N-ethyl adjacent to an activating group) is 1. The van der Waals surface area contributed by atoms with E-state index in [-0.39, 0.29) is 5.91 Å². The number of carbonyl (C=O) groups is 1. The number of nitrogens with one attached hydrogen (secondary N) is 1. The van der Waals surface area contributed by atoms with Gasteiger partial charge in [0.05, 0.1) is 6.54 Å². The number of hydrogen-bond acceptors (Lipinski definition) is 4. The second-order valence-corrected chi connectivity index (χ2v) is 7.22. The monoisotopic (exact) mass is 352 g/mol. The normalized spacial score (nSPS) is 20.4. The van der Waals surface area contributed by atoms with Crippen LogP contribution in [0.4, 0.5) is 0 Å². The number of benzene rings is 1. The van der Waals surface area contributed by atoms with Crippen molar-refractivity contribution >= 4 is 5.91 Å². The summed E-state index contributed by atoms with van der Waals surface area (Å²) in [5.74, 6) is 0.580.